The van der Waals surface area contributed by atoms with Crippen LogP contribution in [0.1, 0.15) is 42.9 Å². The molecule has 1 aliphatic heterocycles. The minimum Gasteiger partial charge on any atom is -0.619 e. The number of ether oxygens (including phenoxy) is 1. The van der Waals surface area contributed by atoms with Crippen molar-refractivity contribution in [2.24, 2.45) is 0 Å². The summed E-state index contributed by atoms with van der Waals surface area (Å²) in [5, 5.41) is 20.7. The lowest BCUT2D eigenvalue weighted by atomic mass is 9.80. The minimum absolute atomic E-state index is 0.0541. The predicted octanol–water partition coefficient (Wildman–Crippen LogP) is 2.88. The quantitative estimate of drug-likeness (QED) is 0.596. The smallest absolute Gasteiger partial charge is 0.184 e. The maximum atomic E-state index is 11.6. The summed E-state index contributed by atoms with van der Waals surface area (Å²) in [6.07, 6.45) is 3.83. The second-order valence-electron chi connectivity index (χ2n) is 5.98. The molecule has 0 amide bonds. The fourth-order valence-electron chi connectivity index (χ4n) is 2.90. The third-order valence-corrected chi connectivity index (χ3v) is 3.80. The third-order valence-electron chi connectivity index (χ3n) is 3.80. The summed E-state index contributed by atoms with van der Waals surface area (Å²) in [6, 6.07) is 11.3. The predicted molar refractivity (Wildman–Crippen MR) is 77.7 cm³/mol. The average molecular weight is 280 g/mol. The molecule has 0 spiro atoms. The number of hydrogen-bond acceptors (Lipinski definition) is 3. The number of rotatable bonds is 1. The number of nitrogens with zero attached hydrogens (tertiary/aromatic N) is 2. The number of pyridine rings is 1. The number of benzene rings is 1. The molecule has 0 aliphatic carbocycles. The molecule has 2 aromatic rings. The maximum absolute atomic E-state index is 11.6. The Kier molecular flexibility index (Phi) is 3.06. The normalized spacial score (nSPS) is 19.2. The molecule has 0 saturated carbocycles. The Bertz CT molecular complexity index is 732. The Morgan fingerprint density at radius 2 is 2.19 bits per heavy atom. The van der Waals surface area contributed by atoms with Gasteiger partial charge in [-0.25, -0.2) is 0 Å². The van der Waals surface area contributed by atoms with Crippen molar-refractivity contribution in [3.63, 3.8) is 0 Å². The molecule has 0 fully saturated rings. The number of fused-ring (bicyclic) bond motifs is 1. The fourth-order valence-corrected chi connectivity index (χ4v) is 2.90. The molecule has 21 heavy (non-hydrogen) atoms. The van der Waals surface area contributed by atoms with Gasteiger partial charge in [-0.3, -0.25) is 0 Å². The molecule has 1 aliphatic rings. The van der Waals surface area contributed by atoms with Gasteiger partial charge < -0.3 is 9.94 Å². The Morgan fingerprint density at radius 3 is 2.90 bits per heavy atom. The van der Waals surface area contributed by atoms with E-state index in [1.54, 1.807) is 18.3 Å². The summed E-state index contributed by atoms with van der Waals surface area (Å²) in [7, 11) is 0. The van der Waals surface area contributed by atoms with E-state index in [0.717, 1.165) is 28.0 Å². The zero-order chi connectivity index (χ0) is 15.0. The van der Waals surface area contributed by atoms with Gasteiger partial charge in [0.05, 0.1) is 11.6 Å². The minimum atomic E-state index is -0.310. The van der Waals surface area contributed by atoms with Crippen molar-refractivity contribution in [3.8, 4) is 11.8 Å². The van der Waals surface area contributed by atoms with Crippen molar-refractivity contribution in [3.05, 3.63) is 64.6 Å². The van der Waals surface area contributed by atoms with E-state index in [2.05, 4.69) is 6.07 Å². The van der Waals surface area contributed by atoms with E-state index in [0.29, 0.717) is 5.56 Å². The van der Waals surface area contributed by atoms with Gasteiger partial charge in [0, 0.05) is 23.1 Å². The van der Waals surface area contributed by atoms with Crippen LogP contribution in [-0.2, 0) is 0 Å². The third kappa shape index (κ3) is 2.55. The first-order valence-electron chi connectivity index (χ1n) is 6.90. The van der Waals surface area contributed by atoms with Gasteiger partial charge in [0.25, 0.3) is 0 Å². The molecule has 4 nitrogen and oxygen atoms in total. The van der Waals surface area contributed by atoms with Crippen molar-refractivity contribution in [2.45, 2.75) is 31.8 Å². The van der Waals surface area contributed by atoms with E-state index in [4.69, 9.17) is 10.00 Å². The van der Waals surface area contributed by atoms with Crippen LogP contribution in [0.2, 0.25) is 0 Å². The lowest BCUT2D eigenvalue weighted by molar-refractivity contribution is -0.605. The molecule has 4 heteroatoms. The van der Waals surface area contributed by atoms with Gasteiger partial charge in [-0.2, -0.15) is 9.99 Å². The van der Waals surface area contributed by atoms with Crippen LogP contribution < -0.4 is 9.47 Å². The Hall–Kier alpha value is -2.54. The molecule has 1 atom stereocenters. The summed E-state index contributed by atoms with van der Waals surface area (Å²) in [5.74, 6) is 0.843. The molecule has 2 heterocycles. The van der Waals surface area contributed by atoms with Gasteiger partial charge in [-0.05, 0) is 44.5 Å². The van der Waals surface area contributed by atoms with Crippen molar-refractivity contribution in [1.29, 1.82) is 5.26 Å². The van der Waals surface area contributed by atoms with Gasteiger partial charge in [-0.1, -0.05) is 0 Å². The van der Waals surface area contributed by atoms with Crippen LogP contribution in [0, 0.1) is 16.5 Å². The highest BCUT2D eigenvalue weighted by Crippen LogP contribution is 2.44. The molecule has 0 N–H and O–H groups in total. The van der Waals surface area contributed by atoms with Gasteiger partial charge in [0.2, 0.25) is 0 Å². The standard InChI is InChI=1S/C17H16N2O2/c1-17(2)9-15(13-4-3-7-19(20)11-13)14-8-12(10-18)5-6-16(14)21-17/h3-8,11,15H,9H2,1-2H3. The second-order valence-corrected chi connectivity index (χ2v) is 5.98. The van der Waals surface area contributed by atoms with E-state index < -0.39 is 0 Å². The van der Waals surface area contributed by atoms with Crippen LogP contribution in [0.5, 0.6) is 5.75 Å². The summed E-state index contributed by atoms with van der Waals surface area (Å²) in [6.45, 7) is 4.07. The average Bonchev–Trinajstić information content (AvgIpc) is 2.45. The molecule has 0 radical (unpaired) electrons. The topological polar surface area (TPSA) is 60.0 Å². The van der Waals surface area contributed by atoms with E-state index in [-0.39, 0.29) is 11.5 Å². The zero-order valence-electron chi connectivity index (χ0n) is 12.0. The summed E-state index contributed by atoms with van der Waals surface area (Å²) >= 11 is 0. The van der Waals surface area contributed by atoms with Crippen molar-refractivity contribution in [1.82, 2.24) is 0 Å². The van der Waals surface area contributed by atoms with Gasteiger partial charge in [0.15, 0.2) is 12.4 Å². The monoisotopic (exact) mass is 280 g/mol. The van der Waals surface area contributed by atoms with Gasteiger partial charge >= 0.3 is 0 Å². The lowest BCUT2D eigenvalue weighted by Gasteiger charge is -2.37. The van der Waals surface area contributed by atoms with Crippen molar-refractivity contribution in [2.75, 3.05) is 0 Å². The summed E-state index contributed by atoms with van der Waals surface area (Å²) < 4.78 is 6.82. The molecular formula is C17H16N2O2. The van der Waals surface area contributed by atoms with Crippen LogP contribution >= 0.6 is 0 Å². The second kappa shape index (κ2) is 4.78. The summed E-state index contributed by atoms with van der Waals surface area (Å²) in [5.41, 5.74) is 2.21. The van der Waals surface area contributed by atoms with Crippen LogP contribution in [0.4, 0.5) is 0 Å². The summed E-state index contributed by atoms with van der Waals surface area (Å²) in [4.78, 5) is 0. The molecule has 106 valence electrons. The number of nitriles is 1. The molecule has 1 aromatic heterocycles. The van der Waals surface area contributed by atoms with Crippen LogP contribution in [0.3, 0.4) is 0 Å². The van der Waals surface area contributed by atoms with Crippen LogP contribution in [-0.4, -0.2) is 5.60 Å². The molecule has 0 saturated heterocycles. The highest BCUT2D eigenvalue weighted by atomic mass is 16.5. The molecule has 1 aromatic carbocycles. The van der Waals surface area contributed by atoms with Gasteiger partial charge in [0.1, 0.15) is 11.4 Å². The molecule has 1 unspecified atom stereocenters. The van der Waals surface area contributed by atoms with Crippen LogP contribution in [0.25, 0.3) is 0 Å². The highest BCUT2D eigenvalue weighted by Gasteiger charge is 2.35. The largest absolute Gasteiger partial charge is 0.619 e. The first-order chi connectivity index (χ1) is 9.98. The van der Waals surface area contributed by atoms with Crippen molar-refractivity contribution < 1.29 is 9.47 Å². The Labute approximate surface area is 123 Å². The Balaban J connectivity index is 2.15. The SMILES string of the molecule is CC1(C)CC(c2ccc[n+]([O-])c2)c2cc(C#N)ccc2O1. The van der Waals surface area contributed by atoms with E-state index in [1.165, 1.54) is 6.20 Å². The zero-order valence-corrected chi connectivity index (χ0v) is 12.0. The maximum Gasteiger partial charge on any atom is 0.184 e. The fraction of sp³-hybridized carbons (Fsp3) is 0.294. The first kappa shape index (κ1) is 13.4. The molecular weight excluding hydrogens is 264 g/mol. The number of hydrogen-bond donors (Lipinski definition) is 0. The molecule has 3 rings (SSSR count). The highest BCUT2D eigenvalue weighted by molar-refractivity contribution is 5.48. The number of aromatic nitrogens is 1. The molecule has 0 bridgehead atoms. The first-order valence-corrected chi connectivity index (χ1v) is 6.90. The van der Waals surface area contributed by atoms with E-state index in [1.807, 2.05) is 32.0 Å². The van der Waals surface area contributed by atoms with E-state index in [9.17, 15) is 5.21 Å². The lowest BCUT2D eigenvalue weighted by Crippen LogP contribution is -2.36. The van der Waals surface area contributed by atoms with Crippen molar-refractivity contribution >= 4 is 0 Å². The van der Waals surface area contributed by atoms with Gasteiger partial charge in [-0.15, -0.1) is 0 Å². The van der Waals surface area contributed by atoms with Crippen LogP contribution in [0.15, 0.2) is 42.7 Å². The Morgan fingerprint density at radius 1 is 1.38 bits per heavy atom. The van der Waals surface area contributed by atoms with E-state index >= 15 is 0 Å².